The van der Waals surface area contributed by atoms with Gasteiger partial charge in [-0.2, -0.15) is 0 Å². The largest absolute Gasteiger partial charge is 0.465 e. The summed E-state index contributed by atoms with van der Waals surface area (Å²) in [5.74, 6) is -0.753. The number of carbonyl (C=O) groups excluding carboxylic acids is 1. The van der Waals surface area contributed by atoms with Crippen LogP contribution in [0.4, 0.5) is 10.1 Å². The highest BCUT2D eigenvalue weighted by atomic mass is 32.2. The molecule has 0 bridgehead atoms. The van der Waals surface area contributed by atoms with E-state index in [9.17, 15) is 17.6 Å². The van der Waals surface area contributed by atoms with Gasteiger partial charge in [0.15, 0.2) is 9.84 Å². The summed E-state index contributed by atoms with van der Waals surface area (Å²) in [5.41, 5.74) is 1.57. The van der Waals surface area contributed by atoms with E-state index in [4.69, 9.17) is 4.74 Å². The number of anilines is 1. The Morgan fingerprint density at radius 2 is 1.77 bits per heavy atom. The lowest BCUT2D eigenvalue weighted by atomic mass is 10.1. The van der Waals surface area contributed by atoms with Crippen LogP contribution in [0.5, 0.6) is 0 Å². The van der Waals surface area contributed by atoms with E-state index in [1.807, 2.05) is 12.1 Å². The van der Waals surface area contributed by atoms with E-state index in [0.717, 1.165) is 25.3 Å². The number of methoxy groups -OCH3 is 1. The third-order valence-corrected chi connectivity index (χ3v) is 7.27. The van der Waals surface area contributed by atoms with Gasteiger partial charge < -0.3 is 9.64 Å². The van der Waals surface area contributed by atoms with E-state index >= 15 is 0 Å². The zero-order valence-electron chi connectivity index (χ0n) is 17.3. The van der Waals surface area contributed by atoms with Crippen molar-refractivity contribution in [3.05, 3.63) is 59.9 Å². The highest BCUT2D eigenvalue weighted by Gasteiger charge is 2.24. The molecule has 1 aliphatic rings. The molecule has 0 radical (unpaired) electrons. The predicted molar refractivity (Wildman–Crippen MR) is 114 cm³/mol. The minimum absolute atomic E-state index is 0.0422. The summed E-state index contributed by atoms with van der Waals surface area (Å²) in [4.78, 5) is 16.3. The van der Waals surface area contributed by atoms with Crippen molar-refractivity contribution in [3.63, 3.8) is 0 Å². The molecule has 1 heterocycles. The molecule has 162 valence electrons. The van der Waals surface area contributed by atoms with Crippen LogP contribution >= 0.6 is 0 Å². The van der Waals surface area contributed by atoms with Crippen LogP contribution in [-0.4, -0.2) is 64.4 Å². The van der Waals surface area contributed by atoms with Crippen molar-refractivity contribution in [3.8, 4) is 0 Å². The first-order chi connectivity index (χ1) is 14.3. The summed E-state index contributed by atoms with van der Waals surface area (Å²) in [6, 6.07) is 12.6. The van der Waals surface area contributed by atoms with Gasteiger partial charge in [0, 0.05) is 31.4 Å². The van der Waals surface area contributed by atoms with Crippen LogP contribution in [-0.2, 0) is 14.6 Å². The molecule has 2 aromatic rings. The van der Waals surface area contributed by atoms with Crippen LogP contribution < -0.4 is 4.90 Å². The van der Waals surface area contributed by atoms with Crippen molar-refractivity contribution < 1.29 is 22.3 Å². The Morgan fingerprint density at radius 1 is 1.10 bits per heavy atom. The summed E-state index contributed by atoms with van der Waals surface area (Å²) in [7, 11) is -2.04. The van der Waals surface area contributed by atoms with Gasteiger partial charge in [-0.25, -0.2) is 17.6 Å². The van der Waals surface area contributed by atoms with Gasteiger partial charge in [-0.05, 0) is 68.4 Å². The molecule has 1 saturated heterocycles. The Labute approximate surface area is 177 Å². The van der Waals surface area contributed by atoms with Crippen LogP contribution in [0.1, 0.15) is 23.7 Å². The number of halogens is 1. The van der Waals surface area contributed by atoms with Crippen molar-refractivity contribution in [2.45, 2.75) is 24.3 Å². The number of sulfone groups is 1. The van der Waals surface area contributed by atoms with Gasteiger partial charge >= 0.3 is 5.97 Å². The van der Waals surface area contributed by atoms with E-state index in [2.05, 4.69) is 16.7 Å². The molecule has 3 rings (SSSR count). The average Bonchev–Trinajstić information content (AvgIpc) is 2.74. The molecule has 8 heteroatoms. The van der Waals surface area contributed by atoms with E-state index in [-0.39, 0.29) is 22.7 Å². The minimum atomic E-state index is -3.40. The quantitative estimate of drug-likeness (QED) is 0.493. The summed E-state index contributed by atoms with van der Waals surface area (Å²) in [6.07, 6.45) is 0.526. The van der Waals surface area contributed by atoms with E-state index in [0.29, 0.717) is 18.5 Å². The van der Waals surface area contributed by atoms with E-state index in [1.54, 1.807) is 12.1 Å². The Hall–Kier alpha value is -2.45. The molecule has 0 spiro atoms. The number of carbonyl (C=O) groups is 1. The molecule has 1 atom stereocenters. The number of hydrogen-bond donors (Lipinski definition) is 0. The van der Waals surface area contributed by atoms with E-state index < -0.39 is 15.7 Å². The monoisotopic (exact) mass is 434 g/mol. The maximum absolute atomic E-state index is 13.0. The van der Waals surface area contributed by atoms with Crippen LogP contribution in [0, 0.1) is 5.82 Å². The molecule has 0 aromatic heterocycles. The molecule has 6 nitrogen and oxygen atoms in total. The Balaban J connectivity index is 1.51. The van der Waals surface area contributed by atoms with Crippen LogP contribution in [0.15, 0.2) is 53.4 Å². The van der Waals surface area contributed by atoms with Crippen molar-refractivity contribution in [2.24, 2.45) is 0 Å². The van der Waals surface area contributed by atoms with Gasteiger partial charge in [-0.1, -0.05) is 0 Å². The fourth-order valence-corrected chi connectivity index (χ4v) is 5.00. The second-order valence-corrected chi connectivity index (χ2v) is 9.60. The zero-order chi connectivity index (χ0) is 21.7. The molecule has 1 fully saturated rings. The Morgan fingerprint density at radius 3 is 2.37 bits per heavy atom. The van der Waals surface area contributed by atoms with Gasteiger partial charge in [0.1, 0.15) is 5.82 Å². The molecular weight excluding hydrogens is 407 g/mol. The number of esters is 1. The first kappa shape index (κ1) is 22.2. The van der Waals surface area contributed by atoms with Gasteiger partial charge in [-0.3, -0.25) is 4.90 Å². The molecule has 0 N–H and O–H groups in total. The minimum Gasteiger partial charge on any atom is -0.465 e. The second-order valence-electron chi connectivity index (χ2n) is 7.50. The summed E-state index contributed by atoms with van der Waals surface area (Å²) in [6.45, 7) is 5.30. The lowest BCUT2D eigenvalue weighted by Crippen LogP contribution is -2.52. The van der Waals surface area contributed by atoms with E-state index in [1.165, 1.54) is 31.4 Å². The summed E-state index contributed by atoms with van der Waals surface area (Å²) in [5, 5.41) is 0. The fraction of sp³-hybridized carbons (Fsp3) is 0.409. The lowest BCUT2D eigenvalue weighted by Gasteiger charge is -2.41. The second kappa shape index (κ2) is 9.57. The summed E-state index contributed by atoms with van der Waals surface area (Å²) < 4.78 is 42.6. The van der Waals surface area contributed by atoms with Crippen molar-refractivity contribution in [1.29, 1.82) is 0 Å². The van der Waals surface area contributed by atoms with Crippen molar-refractivity contribution in [1.82, 2.24) is 4.90 Å². The SMILES string of the molecule is COC(=O)c1ccc(N2CCN(CCCS(=O)(=O)c3ccc(F)cc3)C(C)C2)cc1. The van der Waals surface area contributed by atoms with Crippen LogP contribution in [0.3, 0.4) is 0 Å². The third kappa shape index (κ3) is 5.37. The smallest absolute Gasteiger partial charge is 0.337 e. The van der Waals surface area contributed by atoms with Gasteiger partial charge in [-0.15, -0.1) is 0 Å². The normalized spacial score (nSPS) is 17.7. The number of nitrogens with zero attached hydrogens (tertiary/aromatic N) is 2. The number of benzene rings is 2. The third-order valence-electron chi connectivity index (χ3n) is 5.45. The van der Waals surface area contributed by atoms with Crippen molar-refractivity contribution >= 4 is 21.5 Å². The molecule has 1 aliphatic heterocycles. The van der Waals surface area contributed by atoms with Crippen LogP contribution in [0.25, 0.3) is 0 Å². The molecule has 0 aliphatic carbocycles. The topological polar surface area (TPSA) is 66.9 Å². The molecule has 0 saturated carbocycles. The molecule has 0 amide bonds. The van der Waals surface area contributed by atoms with Crippen LogP contribution in [0.2, 0.25) is 0 Å². The number of rotatable bonds is 7. The maximum Gasteiger partial charge on any atom is 0.337 e. The highest BCUT2D eigenvalue weighted by molar-refractivity contribution is 7.91. The van der Waals surface area contributed by atoms with Gasteiger partial charge in [0.2, 0.25) is 0 Å². The predicted octanol–water partition coefficient (Wildman–Crippen LogP) is 2.99. The number of piperazine rings is 1. The average molecular weight is 435 g/mol. The molecule has 2 aromatic carbocycles. The van der Waals surface area contributed by atoms with Gasteiger partial charge in [0.05, 0.1) is 23.3 Å². The molecule has 1 unspecified atom stereocenters. The summed E-state index contributed by atoms with van der Waals surface area (Å²) >= 11 is 0. The van der Waals surface area contributed by atoms with Gasteiger partial charge in [0.25, 0.3) is 0 Å². The fourth-order valence-electron chi connectivity index (χ4n) is 3.71. The number of ether oxygens (including phenoxy) is 1. The first-order valence-electron chi connectivity index (χ1n) is 9.96. The zero-order valence-corrected chi connectivity index (χ0v) is 18.1. The lowest BCUT2D eigenvalue weighted by molar-refractivity contribution is 0.0600. The number of hydrogen-bond acceptors (Lipinski definition) is 6. The standard InChI is InChI=1S/C22H27FN2O4S/c1-17-16-25(20-8-4-18(5-9-20)22(26)29-2)14-13-24(17)12-3-15-30(27,28)21-10-6-19(23)7-11-21/h4-11,17H,3,12-16H2,1-2H3. The molecule has 30 heavy (non-hydrogen) atoms. The molecular formula is C22H27FN2O4S. The first-order valence-corrected chi connectivity index (χ1v) is 11.6. The highest BCUT2D eigenvalue weighted by Crippen LogP contribution is 2.21. The Kier molecular flexibility index (Phi) is 7.10. The maximum atomic E-state index is 13.0. The van der Waals surface area contributed by atoms with Crippen molar-refractivity contribution in [2.75, 3.05) is 43.9 Å². The Bertz CT molecular complexity index is 962.